The molecule has 0 aliphatic rings. The molecule has 4 rings (SSSR count). The highest BCUT2D eigenvalue weighted by molar-refractivity contribution is 7.85. The van der Waals surface area contributed by atoms with Crippen molar-refractivity contribution in [1.82, 2.24) is 0 Å². The summed E-state index contributed by atoms with van der Waals surface area (Å²) in [7, 11) is -2.56. The summed E-state index contributed by atoms with van der Waals surface area (Å²) < 4.78 is 43.0. The molecule has 0 saturated carbocycles. The van der Waals surface area contributed by atoms with E-state index in [0.29, 0.717) is 6.54 Å². The highest BCUT2D eigenvalue weighted by Gasteiger charge is 2.24. The summed E-state index contributed by atoms with van der Waals surface area (Å²) in [4.78, 5) is 1.14. The number of hydrogen-bond donors (Lipinski definition) is 0. The molecule has 0 atom stereocenters. The predicted molar refractivity (Wildman–Crippen MR) is 116 cm³/mol. The molecule has 3 aromatic heterocycles. The van der Waals surface area contributed by atoms with Gasteiger partial charge in [-0.2, -0.15) is 4.57 Å². The Balaban J connectivity index is 1.85. The summed E-state index contributed by atoms with van der Waals surface area (Å²) in [5, 5.41) is 6.10. The van der Waals surface area contributed by atoms with Crippen molar-refractivity contribution in [3.63, 3.8) is 0 Å². The molecule has 5 nitrogen and oxygen atoms in total. The number of thiazole rings is 1. The first-order valence-corrected chi connectivity index (χ1v) is 12.7. The maximum absolute atomic E-state index is 11.1. The molecule has 0 fully saturated rings. The number of aromatic nitrogens is 1. The highest BCUT2D eigenvalue weighted by atomic mass is 32.2. The second-order valence-corrected chi connectivity index (χ2v) is 10.6. The fourth-order valence-electron chi connectivity index (χ4n) is 3.13. The van der Waals surface area contributed by atoms with Crippen LogP contribution in [0, 0.1) is 0 Å². The number of ether oxygens (including phenoxy) is 1. The number of hydrogen-bond acceptors (Lipinski definition) is 7. The van der Waals surface area contributed by atoms with Gasteiger partial charge in [0.25, 0.3) is 5.01 Å². The van der Waals surface area contributed by atoms with Crippen LogP contribution in [0.4, 0.5) is 0 Å². The maximum Gasteiger partial charge on any atom is 0.262 e. The standard InChI is InChI=1S/C19H17NO4S4/c1-24-15-12-16-18(19-14(15)7-10-26-19)20(8-3-11-28(21,22)23)17(27-16)6-5-13-4-2-9-25-13/h2,4-7,9-10,12H,3,8,11H2,1H3/b6-5+. The van der Waals surface area contributed by atoms with E-state index in [1.807, 2.05) is 41.1 Å². The molecule has 0 aliphatic heterocycles. The molecule has 4 aromatic rings. The Morgan fingerprint density at radius 2 is 2.07 bits per heavy atom. The van der Waals surface area contributed by atoms with E-state index in [-0.39, 0.29) is 12.2 Å². The van der Waals surface area contributed by atoms with Crippen molar-refractivity contribution < 1.29 is 22.3 Å². The third-order valence-electron chi connectivity index (χ3n) is 4.32. The molecule has 1 aromatic carbocycles. The minimum absolute atomic E-state index is 0.279. The summed E-state index contributed by atoms with van der Waals surface area (Å²) in [5.74, 6) is 0.461. The summed E-state index contributed by atoms with van der Waals surface area (Å²) in [5.41, 5.74) is 1.06. The van der Waals surface area contributed by atoms with E-state index >= 15 is 0 Å². The van der Waals surface area contributed by atoms with Gasteiger partial charge in [-0.05, 0) is 29.0 Å². The number of aryl methyl sites for hydroxylation is 1. The zero-order chi connectivity index (χ0) is 19.7. The molecule has 0 unspecified atom stereocenters. The summed E-state index contributed by atoms with van der Waals surface area (Å²) >= 11 is 4.92. The SMILES string of the molecule is COc1cc2sc(/C=C/c3cccs3)[n+](CCCS(=O)(=O)[O-])c2c2sccc12. The molecular formula is C19H17NO4S4. The zero-order valence-corrected chi connectivity index (χ0v) is 18.2. The lowest BCUT2D eigenvalue weighted by Crippen LogP contribution is -2.36. The number of fused-ring (bicyclic) bond motifs is 3. The lowest BCUT2D eigenvalue weighted by molar-refractivity contribution is -0.667. The molecule has 0 spiro atoms. The fraction of sp³-hybridized carbons (Fsp3) is 0.211. The van der Waals surface area contributed by atoms with E-state index in [4.69, 9.17) is 4.74 Å². The lowest BCUT2D eigenvalue weighted by atomic mass is 10.2. The first-order chi connectivity index (χ1) is 13.5. The Hall–Kier alpha value is -1.78. The molecule has 0 saturated heterocycles. The first kappa shape index (κ1) is 19.5. The Labute approximate surface area is 174 Å². The smallest absolute Gasteiger partial charge is 0.262 e. The molecule has 0 radical (unpaired) electrons. The second kappa shape index (κ2) is 7.92. The topological polar surface area (TPSA) is 70.3 Å². The van der Waals surface area contributed by atoms with Gasteiger partial charge in [0, 0.05) is 34.6 Å². The van der Waals surface area contributed by atoms with E-state index in [9.17, 15) is 13.0 Å². The van der Waals surface area contributed by atoms with Gasteiger partial charge in [0.15, 0.2) is 6.54 Å². The lowest BCUT2D eigenvalue weighted by Gasteiger charge is -2.05. The number of rotatable bonds is 7. The molecule has 0 bridgehead atoms. The van der Waals surface area contributed by atoms with Crippen LogP contribution >= 0.6 is 34.0 Å². The van der Waals surface area contributed by atoms with Crippen LogP contribution in [0.2, 0.25) is 0 Å². The third kappa shape index (κ3) is 3.99. The molecule has 3 heterocycles. The van der Waals surface area contributed by atoms with Crippen LogP contribution in [0.1, 0.15) is 16.3 Å². The van der Waals surface area contributed by atoms with Gasteiger partial charge in [0.1, 0.15) is 15.1 Å². The van der Waals surface area contributed by atoms with Crippen LogP contribution in [-0.4, -0.2) is 25.8 Å². The zero-order valence-electron chi connectivity index (χ0n) is 15.0. The second-order valence-electron chi connectivity index (χ2n) is 6.15. The average Bonchev–Trinajstić information content (AvgIpc) is 3.37. The summed E-state index contributed by atoms with van der Waals surface area (Å²) in [6.45, 7) is 0.463. The number of thiophene rings is 2. The van der Waals surface area contributed by atoms with Crippen LogP contribution in [0.5, 0.6) is 5.75 Å². The van der Waals surface area contributed by atoms with E-state index < -0.39 is 10.1 Å². The summed E-state index contributed by atoms with van der Waals surface area (Å²) in [6.07, 6.45) is 4.38. The Kier molecular flexibility index (Phi) is 5.52. The summed E-state index contributed by atoms with van der Waals surface area (Å²) in [6, 6.07) is 8.10. The first-order valence-electron chi connectivity index (χ1n) is 8.52. The van der Waals surface area contributed by atoms with Gasteiger partial charge < -0.3 is 9.29 Å². The van der Waals surface area contributed by atoms with Gasteiger partial charge in [-0.15, -0.1) is 22.7 Å². The minimum atomic E-state index is -4.23. The third-order valence-corrected chi connectivity index (χ3v) is 7.97. The van der Waals surface area contributed by atoms with E-state index in [1.165, 1.54) is 0 Å². The molecule has 28 heavy (non-hydrogen) atoms. The quantitative estimate of drug-likeness (QED) is 0.305. The van der Waals surface area contributed by atoms with Crippen molar-refractivity contribution in [1.29, 1.82) is 0 Å². The van der Waals surface area contributed by atoms with Crippen molar-refractivity contribution in [3.8, 4) is 5.75 Å². The van der Waals surface area contributed by atoms with Crippen molar-refractivity contribution in [2.75, 3.05) is 12.9 Å². The normalized spacial score (nSPS) is 12.5. The molecule has 0 amide bonds. The van der Waals surface area contributed by atoms with Crippen LogP contribution in [0.25, 0.3) is 32.5 Å². The molecular weight excluding hydrogens is 434 g/mol. The Bertz CT molecular complexity index is 1250. The maximum atomic E-state index is 11.1. The average molecular weight is 452 g/mol. The minimum Gasteiger partial charge on any atom is -0.748 e. The fourth-order valence-corrected chi connectivity index (χ4v) is 6.39. The van der Waals surface area contributed by atoms with E-state index in [0.717, 1.165) is 35.9 Å². The van der Waals surface area contributed by atoms with Gasteiger partial charge in [0.2, 0.25) is 5.52 Å². The molecule has 0 N–H and O–H groups in total. The van der Waals surface area contributed by atoms with Gasteiger partial charge in [-0.1, -0.05) is 17.4 Å². The monoisotopic (exact) mass is 451 g/mol. The van der Waals surface area contributed by atoms with E-state index in [1.54, 1.807) is 41.1 Å². The van der Waals surface area contributed by atoms with Gasteiger partial charge >= 0.3 is 0 Å². The van der Waals surface area contributed by atoms with E-state index in [2.05, 4.69) is 10.6 Å². The number of benzene rings is 1. The van der Waals surface area contributed by atoms with Crippen LogP contribution in [0.3, 0.4) is 0 Å². The van der Waals surface area contributed by atoms with Crippen molar-refractivity contribution in [2.24, 2.45) is 0 Å². The molecule has 0 aliphatic carbocycles. The van der Waals surface area contributed by atoms with Gasteiger partial charge in [-0.3, -0.25) is 0 Å². The van der Waals surface area contributed by atoms with Crippen LogP contribution in [-0.2, 0) is 16.7 Å². The number of methoxy groups -OCH3 is 1. The van der Waals surface area contributed by atoms with Crippen molar-refractivity contribution >= 4 is 76.6 Å². The predicted octanol–water partition coefficient (Wildman–Crippen LogP) is 4.58. The largest absolute Gasteiger partial charge is 0.748 e. The van der Waals surface area contributed by atoms with Crippen molar-refractivity contribution in [2.45, 2.75) is 13.0 Å². The number of nitrogens with zero attached hydrogens (tertiary/aromatic N) is 1. The van der Waals surface area contributed by atoms with Crippen LogP contribution in [0.15, 0.2) is 35.0 Å². The Morgan fingerprint density at radius 1 is 1.21 bits per heavy atom. The molecule has 9 heteroatoms. The van der Waals surface area contributed by atoms with Gasteiger partial charge in [0.05, 0.1) is 17.2 Å². The van der Waals surface area contributed by atoms with Crippen LogP contribution < -0.4 is 9.30 Å². The van der Waals surface area contributed by atoms with Gasteiger partial charge in [-0.25, -0.2) is 8.42 Å². The molecule has 146 valence electrons. The Morgan fingerprint density at radius 3 is 2.79 bits per heavy atom. The highest BCUT2D eigenvalue weighted by Crippen LogP contribution is 2.38. The van der Waals surface area contributed by atoms with Crippen molar-refractivity contribution in [3.05, 3.63) is 44.9 Å².